The van der Waals surface area contributed by atoms with Crippen LogP contribution in [0.5, 0.6) is 17.2 Å². The molecule has 0 aromatic heterocycles. The number of hydrogen-bond acceptors (Lipinski definition) is 5. The number of hydrazone groups is 1. The molecule has 2 aromatic rings. The SMILES string of the molecule is O=C(COc1ccc(Cl)cc1)N/N=C/c1cccc2c1OCCO2. The number of carbonyl (C=O) groups is 1. The third kappa shape index (κ3) is 4.17. The molecule has 0 saturated carbocycles. The maximum absolute atomic E-state index is 11.7. The molecule has 3 rings (SSSR count). The zero-order valence-corrected chi connectivity index (χ0v) is 13.5. The van der Waals surface area contributed by atoms with Crippen molar-refractivity contribution < 1.29 is 19.0 Å². The summed E-state index contributed by atoms with van der Waals surface area (Å²) in [5.41, 5.74) is 3.13. The normalized spacial score (nSPS) is 12.9. The van der Waals surface area contributed by atoms with Gasteiger partial charge >= 0.3 is 0 Å². The predicted molar refractivity (Wildman–Crippen MR) is 90.1 cm³/mol. The zero-order chi connectivity index (χ0) is 16.8. The number of amides is 1. The highest BCUT2D eigenvalue weighted by atomic mass is 35.5. The third-order valence-corrected chi connectivity index (χ3v) is 3.43. The van der Waals surface area contributed by atoms with E-state index in [4.69, 9.17) is 25.8 Å². The molecule has 1 N–H and O–H groups in total. The van der Waals surface area contributed by atoms with Gasteiger partial charge in [0.15, 0.2) is 18.1 Å². The zero-order valence-electron chi connectivity index (χ0n) is 12.7. The number of benzene rings is 2. The average molecular weight is 347 g/mol. The first-order chi connectivity index (χ1) is 11.7. The summed E-state index contributed by atoms with van der Waals surface area (Å²) in [7, 11) is 0. The van der Waals surface area contributed by atoms with Crippen LogP contribution in [0.25, 0.3) is 0 Å². The molecule has 0 aliphatic carbocycles. The first-order valence-corrected chi connectivity index (χ1v) is 7.69. The maximum Gasteiger partial charge on any atom is 0.277 e. The average Bonchev–Trinajstić information content (AvgIpc) is 2.61. The summed E-state index contributed by atoms with van der Waals surface area (Å²) >= 11 is 5.78. The first-order valence-electron chi connectivity index (χ1n) is 7.31. The van der Waals surface area contributed by atoms with Crippen molar-refractivity contribution in [3.63, 3.8) is 0 Å². The molecule has 7 heteroatoms. The summed E-state index contributed by atoms with van der Waals surface area (Å²) in [6.07, 6.45) is 1.51. The van der Waals surface area contributed by atoms with E-state index in [-0.39, 0.29) is 12.5 Å². The Kier molecular flexibility index (Phi) is 5.18. The first kappa shape index (κ1) is 16.1. The van der Waals surface area contributed by atoms with Crippen LogP contribution >= 0.6 is 11.6 Å². The van der Waals surface area contributed by atoms with Crippen LogP contribution in [0.4, 0.5) is 0 Å². The number of rotatable bonds is 5. The topological polar surface area (TPSA) is 69.2 Å². The Morgan fingerprint density at radius 2 is 2.00 bits per heavy atom. The van der Waals surface area contributed by atoms with Crippen molar-refractivity contribution in [3.05, 3.63) is 53.1 Å². The molecular weight excluding hydrogens is 332 g/mol. The highest BCUT2D eigenvalue weighted by molar-refractivity contribution is 6.30. The largest absolute Gasteiger partial charge is 0.486 e. The van der Waals surface area contributed by atoms with Gasteiger partial charge in [0.2, 0.25) is 0 Å². The van der Waals surface area contributed by atoms with Crippen molar-refractivity contribution in [2.24, 2.45) is 5.10 Å². The Hall–Kier alpha value is -2.73. The minimum absolute atomic E-state index is 0.147. The highest BCUT2D eigenvalue weighted by Gasteiger charge is 2.14. The van der Waals surface area contributed by atoms with Gasteiger partial charge in [-0.15, -0.1) is 0 Å². The van der Waals surface area contributed by atoms with Crippen LogP contribution in [0.3, 0.4) is 0 Å². The molecule has 0 radical (unpaired) electrons. The second-order valence-corrected chi connectivity index (χ2v) is 5.34. The lowest BCUT2D eigenvalue weighted by molar-refractivity contribution is -0.123. The number of nitrogens with one attached hydrogen (secondary N) is 1. The fourth-order valence-electron chi connectivity index (χ4n) is 2.08. The molecule has 1 aliphatic heterocycles. The Morgan fingerprint density at radius 1 is 1.21 bits per heavy atom. The predicted octanol–water partition coefficient (Wildman–Crippen LogP) is 2.64. The quantitative estimate of drug-likeness (QED) is 0.667. The van der Waals surface area contributed by atoms with E-state index in [0.717, 1.165) is 5.56 Å². The van der Waals surface area contributed by atoms with Crippen LogP contribution in [-0.4, -0.2) is 31.9 Å². The number of nitrogens with zero attached hydrogens (tertiary/aromatic N) is 1. The van der Waals surface area contributed by atoms with Gasteiger partial charge in [-0.25, -0.2) is 5.43 Å². The fourth-order valence-corrected chi connectivity index (χ4v) is 2.21. The Labute approximate surface area is 144 Å². The molecule has 1 heterocycles. The summed E-state index contributed by atoms with van der Waals surface area (Å²) in [5, 5.41) is 4.52. The standard InChI is InChI=1S/C17H15ClN2O4/c18-13-4-6-14(7-5-13)24-11-16(21)20-19-10-12-2-1-3-15-17(12)23-9-8-22-15/h1-7,10H,8-9,11H2,(H,20,21)/b19-10+. The molecule has 0 bridgehead atoms. The molecule has 2 aromatic carbocycles. The van der Waals surface area contributed by atoms with Gasteiger partial charge in [-0.2, -0.15) is 5.10 Å². The molecular formula is C17H15ClN2O4. The molecule has 0 atom stereocenters. The molecule has 0 spiro atoms. The van der Waals surface area contributed by atoms with Crippen molar-refractivity contribution in [1.29, 1.82) is 0 Å². The molecule has 1 aliphatic rings. The minimum Gasteiger partial charge on any atom is -0.486 e. The summed E-state index contributed by atoms with van der Waals surface area (Å²) in [6, 6.07) is 12.2. The second kappa shape index (κ2) is 7.70. The van der Waals surface area contributed by atoms with E-state index in [9.17, 15) is 4.79 Å². The number of carbonyl (C=O) groups excluding carboxylic acids is 1. The van der Waals surface area contributed by atoms with Crippen LogP contribution in [0.1, 0.15) is 5.56 Å². The van der Waals surface area contributed by atoms with Crippen LogP contribution < -0.4 is 19.6 Å². The van der Waals surface area contributed by atoms with Crippen LogP contribution in [-0.2, 0) is 4.79 Å². The summed E-state index contributed by atoms with van der Waals surface area (Å²) in [4.78, 5) is 11.7. The summed E-state index contributed by atoms with van der Waals surface area (Å²) in [6.45, 7) is 0.858. The number of para-hydroxylation sites is 1. The molecule has 6 nitrogen and oxygen atoms in total. The van der Waals surface area contributed by atoms with Gasteiger partial charge in [-0.3, -0.25) is 4.79 Å². The van der Waals surface area contributed by atoms with E-state index < -0.39 is 0 Å². The lowest BCUT2D eigenvalue weighted by Crippen LogP contribution is -2.24. The van der Waals surface area contributed by atoms with Crippen molar-refractivity contribution in [2.45, 2.75) is 0 Å². The van der Waals surface area contributed by atoms with Gasteiger partial charge < -0.3 is 14.2 Å². The van der Waals surface area contributed by atoms with E-state index in [0.29, 0.717) is 35.5 Å². The van der Waals surface area contributed by atoms with E-state index in [2.05, 4.69) is 10.5 Å². The Morgan fingerprint density at radius 3 is 2.83 bits per heavy atom. The fraction of sp³-hybridized carbons (Fsp3) is 0.176. The number of hydrogen-bond donors (Lipinski definition) is 1. The number of ether oxygens (including phenoxy) is 3. The van der Waals surface area contributed by atoms with Crippen molar-refractivity contribution in [1.82, 2.24) is 5.43 Å². The van der Waals surface area contributed by atoms with Crippen molar-refractivity contribution in [2.75, 3.05) is 19.8 Å². The van der Waals surface area contributed by atoms with Gasteiger partial charge in [-0.05, 0) is 36.4 Å². The van der Waals surface area contributed by atoms with E-state index in [1.54, 1.807) is 24.3 Å². The van der Waals surface area contributed by atoms with Gasteiger partial charge in [0.05, 0.1) is 6.21 Å². The third-order valence-electron chi connectivity index (χ3n) is 3.17. The van der Waals surface area contributed by atoms with E-state index in [1.165, 1.54) is 6.21 Å². The molecule has 0 unspecified atom stereocenters. The molecule has 1 amide bonds. The smallest absolute Gasteiger partial charge is 0.277 e. The van der Waals surface area contributed by atoms with Gasteiger partial charge in [0, 0.05) is 10.6 Å². The second-order valence-electron chi connectivity index (χ2n) is 4.91. The lowest BCUT2D eigenvalue weighted by Gasteiger charge is -2.19. The molecule has 24 heavy (non-hydrogen) atoms. The van der Waals surface area contributed by atoms with Crippen molar-refractivity contribution >= 4 is 23.7 Å². The monoisotopic (exact) mass is 346 g/mol. The van der Waals surface area contributed by atoms with E-state index in [1.807, 2.05) is 18.2 Å². The maximum atomic E-state index is 11.7. The van der Waals surface area contributed by atoms with Crippen LogP contribution in [0, 0.1) is 0 Å². The molecule has 124 valence electrons. The van der Waals surface area contributed by atoms with E-state index >= 15 is 0 Å². The molecule has 0 saturated heterocycles. The Balaban J connectivity index is 1.52. The van der Waals surface area contributed by atoms with Crippen LogP contribution in [0.15, 0.2) is 47.6 Å². The summed E-state index contributed by atoms with van der Waals surface area (Å²) in [5.74, 6) is 1.48. The number of halogens is 1. The molecule has 0 fully saturated rings. The van der Waals surface area contributed by atoms with Gasteiger partial charge in [0.1, 0.15) is 19.0 Å². The Bertz CT molecular complexity index is 747. The van der Waals surface area contributed by atoms with Crippen molar-refractivity contribution in [3.8, 4) is 17.2 Å². The lowest BCUT2D eigenvalue weighted by atomic mass is 10.2. The highest BCUT2D eigenvalue weighted by Crippen LogP contribution is 2.32. The number of fused-ring (bicyclic) bond motifs is 1. The minimum atomic E-state index is -0.372. The van der Waals surface area contributed by atoms with Gasteiger partial charge in [-0.1, -0.05) is 17.7 Å². The van der Waals surface area contributed by atoms with Gasteiger partial charge in [0.25, 0.3) is 5.91 Å². The van der Waals surface area contributed by atoms with Crippen LogP contribution in [0.2, 0.25) is 5.02 Å². The summed E-state index contributed by atoms with van der Waals surface area (Å²) < 4.78 is 16.4.